The van der Waals surface area contributed by atoms with E-state index < -0.39 is 24.9 Å². The molecule has 2 N–H and O–H groups in total. The monoisotopic (exact) mass is 268 g/mol. The Labute approximate surface area is 111 Å². The number of hydrogen-bond acceptors (Lipinski definition) is 2. The second-order valence-electron chi connectivity index (χ2n) is 5.14. The van der Waals surface area contributed by atoms with Crippen LogP contribution in [0.15, 0.2) is 18.2 Å². The standard InChI is InChI=1S/C14H18F2N2O/c1-9-3-4-11(10(2)5-9)7-17-13(19)12-6-14(15,16)8-18-12/h3-5,12,18H,6-8H2,1-2H3,(H,17,19). The van der Waals surface area contributed by atoms with E-state index in [9.17, 15) is 13.6 Å². The van der Waals surface area contributed by atoms with Gasteiger partial charge < -0.3 is 5.32 Å². The molecule has 1 aromatic carbocycles. The second-order valence-corrected chi connectivity index (χ2v) is 5.14. The van der Waals surface area contributed by atoms with Crippen LogP contribution in [0.1, 0.15) is 23.1 Å². The zero-order valence-corrected chi connectivity index (χ0v) is 11.1. The van der Waals surface area contributed by atoms with Crippen molar-refractivity contribution in [2.45, 2.75) is 38.8 Å². The van der Waals surface area contributed by atoms with Crippen LogP contribution in [0.3, 0.4) is 0 Å². The molecule has 0 aromatic heterocycles. The van der Waals surface area contributed by atoms with Gasteiger partial charge in [-0.3, -0.25) is 10.1 Å². The minimum atomic E-state index is -2.78. The van der Waals surface area contributed by atoms with Gasteiger partial charge in [0, 0.05) is 13.0 Å². The van der Waals surface area contributed by atoms with Gasteiger partial charge >= 0.3 is 0 Å². The lowest BCUT2D eigenvalue weighted by molar-refractivity contribution is -0.123. The van der Waals surface area contributed by atoms with Crippen molar-refractivity contribution in [2.24, 2.45) is 0 Å². The third-order valence-electron chi connectivity index (χ3n) is 3.38. The molecule has 1 aliphatic rings. The summed E-state index contributed by atoms with van der Waals surface area (Å²) in [6.07, 6.45) is -0.425. The van der Waals surface area contributed by atoms with Crippen LogP contribution in [0.2, 0.25) is 0 Å². The summed E-state index contributed by atoms with van der Waals surface area (Å²) < 4.78 is 26.0. The normalized spacial score (nSPS) is 21.4. The Morgan fingerprint density at radius 1 is 1.47 bits per heavy atom. The van der Waals surface area contributed by atoms with E-state index in [-0.39, 0.29) is 5.91 Å². The third kappa shape index (κ3) is 3.50. The fraction of sp³-hybridized carbons (Fsp3) is 0.500. The van der Waals surface area contributed by atoms with E-state index in [2.05, 4.69) is 10.6 Å². The van der Waals surface area contributed by atoms with E-state index in [1.54, 1.807) is 0 Å². The molecular weight excluding hydrogens is 250 g/mol. The number of carbonyl (C=O) groups excluding carboxylic acids is 1. The molecule has 104 valence electrons. The van der Waals surface area contributed by atoms with Crippen LogP contribution in [0.25, 0.3) is 0 Å². The van der Waals surface area contributed by atoms with Gasteiger partial charge in [0.15, 0.2) is 0 Å². The molecule has 1 saturated heterocycles. The summed E-state index contributed by atoms with van der Waals surface area (Å²) >= 11 is 0. The highest BCUT2D eigenvalue weighted by atomic mass is 19.3. The summed E-state index contributed by atoms with van der Waals surface area (Å²) in [5, 5.41) is 5.25. The van der Waals surface area contributed by atoms with Crippen molar-refractivity contribution in [2.75, 3.05) is 6.54 Å². The highest BCUT2D eigenvalue weighted by Crippen LogP contribution is 2.25. The summed E-state index contributed by atoms with van der Waals surface area (Å²) in [4.78, 5) is 11.8. The van der Waals surface area contributed by atoms with Gasteiger partial charge in [0.25, 0.3) is 5.92 Å². The Hall–Kier alpha value is -1.49. The van der Waals surface area contributed by atoms with Crippen molar-refractivity contribution < 1.29 is 13.6 Å². The van der Waals surface area contributed by atoms with Crippen LogP contribution in [0.4, 0.5) is 8.78 Å². The summed E-state index contributed by atoms with van der Waals surface area (Å²) in [7, 11) is 0. The quantitative estimate of drug-likeness (QED) is 0.879. The van der Waals surface area contributed by atoms with E-state index in [1.165, 1.54) is 0 Å². The van der Waals surface area contributed by atoms with Gasteiger partial charge in [0.05, 0.1) is 12.6 Å². The van der Waals surface area contributed by atoms with Crippen molar-refractivity contribution in [3.63, 3.8) is 0 Å². The first kappa shape index (κ1) is 13.9. The maximum Gasteiger partial charge on any atom is 0.262 e. The number of rotatable bonds is 3. The fourth-order valence-corrected chi connectivity index (χ4v) is 2.25. The van der Waals surface area contributed by atoms with Gasteiger partial charge in [-0.15, -0.1) is 0 Å². The molecule has 5 heteroatoms. The smallest absolute Gasteiger partial charge is 0.262 e. The van der Waals surface area contributed by atoms with Crippen molar-refractivity contribution in [1.29, 1.82) is 0 Å². The molecule has 1 fully saturated rings. The van der Waals surface area contributed by atoms with Crippen LogP contribution in [-0.2, 0) is 11.3 Å². The molecule has 1 aliphatic heterocycles. The van der Waals surface area contributed by atoms with Crippen LogP contribution < -0.4 is 10.6 Å². The Morgan fingerprint density at radius 2 is 2.21 bits per heavy atom. The topological polar surface area (TPSA) is 41.1 Å². The van der Waals surface area contributed by atoms with Gasteiger partial charge in [0.1, 0.15) is 0 Å². The average molecular weight is 268 g/mol. The van der Waals surface area contributed by atoms with Gasteiger partial charge in [-0.25, -0.2) is 8.78 Å². The molecule has 0 bridgehead atoms. The van der Waals surface area contributed by atoms with E-state index in [4.69, 9.17) is 0 Å². The molecule has 1 heterocycles. The van der Waals surface area contributed by atoms with E-state index in [0.717, 1.165) is 16.7 Å². The number of benzene rings is 1. The van der Waals surface area contributed by atoms with Crippen LogP contribution in [0, 0.1) is 13.8 Å². The molecular formula is C14H18F2N2O. The first-order valence-electron chi connectivity index (χ1n) is 6.32. The number of aryl methyl sites for hydroxylation is 2. The number of hydrogen-bond donors (Lipinski definition) is 2. The first-order chi connectivity index (χ1) is 8.87. The van der Waals surface area contributed by atoms with Gasteiger partial charge in [0.2, 0.25) is 5.91 Å². The van der Waals surface area contributed by atoms with Gasteiger partial charge in [-0.2, -0.15) is 0 Å². The predicted octanol–water partition coefficient (Wildman–Crippen LogP) is 1.92. The molecule has 1 amide bonds. The largest absolute Gasteiger partial charge is 0.351 e. The van der Waals surface area contributed by atoms with Gasteiger partial charge in [-0.05, 0) is 25.0 Å². The lowest BCUT2D eigenvalue weighted by atomic mass is 10.1. The number of nitrogens with one attached hydrogen (secondary N) is 2. The Kier molecular flexibility index (Phi) is 3.85. The first-order valence-corrected chi connectivity index (χ1v) is 6.32. The zero-order valence-electron chi connectivity index (χ0n) is 11.1. The third-order valence-corrected chi connectivity index (χ3v) is 3.38. The Morgan fingerprint density at radius 3 is 2.79 bits per heavy atom. The molecule has 1 unspecified atom stereocenters. The fourth-order valence-electron chi connectivity index (χ4n) is 2.25. The zero-order chi connectivity index (χ0) is 14.0. The van der Waals surface area contributed by atoms with Crippen LogP contribution >= 0.6 is 0 Å². The summed E-state index contributed by atoms with van der Waals surface area (Å²) in [5.41, 5.74) is 3.25. The Bertz CT molecular complexity index is 488. The molecule has 0 radical (unpaired) electrons. The van der Waals surface area contributed by atoms with E-state index in [0.29, 0.717) is 6.54 Å². The summed E-state index contributed by atoms with van der Waals surface area (Å²) in [5.74, 6) is -3.14. The van der Waals surface area contributed by atoms with E-state index in [1.807, 2.05) is 32.0 Å². The summed E-state index contributed by atoms with van der Waals surface area (Å²) in [6.45, 7) is 3.92. The molecule has 2 rings (SSSR count). The SMILES string of the molecule is Cc1ccc(CNC(=O)C2CC(F)(F)CN2)c(C)c1. The number of carbonyl (C=O) groups is 1. The maximum atomic E-state index is 13.0. The summed E-state index contributed by atoms with van der Waals surface area (Å²) in [6, 6.07) is 5.16. The van der Waals surface area contributed by atoms with Crippen molar-refractivity contribution in [3.05, 3.63) is 34.9 Å². The number of halogens is 2. The number of amides is 1. The minimum Gasteiger partial charge on any atom is -0.351 e. The Balaban J connectivity index is 1.90. The van der Waals surface area contributed by atoms with E-state index >= 15 is 0 Å². The predicted molar refractivity (Wildman–Crippen MR) is 69.1 cm³/mol. The highest BCUT2D eigenvalue weighted by Gasteiger charge is 2.42. The van der Waals surface area contributed by atoms with Crippen molar-refractivity contribution >= 4 is 5.91 Å². The molecule has 0 saturated carbocycles. The maximum absolute atomic E-state index is 13.0. The number of alkyl halides is 2. The van der Waals surface area contributed by atoms with Crippen LogP contribution in [-0.4, -0.2) is 24.4 Å². The lowest BCUT2D eigenvalue weighted by Crippen LogP contribution is -2.40. The van der Waals surface area contributed by atoms with Gasteiger partial charge in [-0.1, -0.05) is 23.8 Å². The molecule has 0 spiro atoms. The molecule has 1 aromatic rings. The average Bonchev–Trinajstić information content (AvgIpc) is 2.68. The molecule has 1 atom stereocenters. The van der Waals surface area contributed by atoms with Crippen molar-refractivity contribution in [1.82, 2.24) is 10.6 Å². The van der Waals surface area contributed by atoms with Crippen LogP contribution in [0.5, 0.6) is 0 Å². The second kappa shape index (κ2) is 5.25. The molecule has 0 aliphatic carbocycles. The minimum absolute atomic E-state index is 0.364. The lowest BCUT2D eigenvalue weighted by Gasteiger charge is -2.12. The highest BCUT2D eigenvalue weighted by molar-refractivity contribution is 5.82. The molecule has 3 nitrogen and oxygen atoms in total. The van der Waals surface area contributed by atoms with Crippen molar-refractivity contribution in [3.8, 4) is 0 Å². The molecule has 19 heavy (non-hydrogen) atoms.